The van der Waals surface area contributed by atoms with Crippen molar-refractivity contribution in [2.45, 2.75) is 30.6 Å². The molecule has 2 fully saturated rings. The van der Waals surface area contributed by atoms with Crippen LogP contribution in [0.4, 0.5) is 0 Å². The summed E-state index contributed by atoms with van der Waals surface area (Å²) in [7, 11) is 0. The Morgan fingerprint density at radius 3 is 2.80 bits per heavy atom. The quantitative estimate of drug-likeness (QED) is 0.676. The van der Waals surface area contributed by atoms with Crippen LogP contribution >= 0.6 is 0 Å². The van der Waals surface area contributed by atoms with Crippen molar-refractivity contribution in [2.24, 2.45) is 5.92 Å². The highest BCUT2D eigenvalue weighted by atomic mass is 14.9. The van der Waals surface area contributed by atoms with Crippen molar-refractivity contribution in [2.75, 3.05) is 13.1 Å². The van der Waals surface area contributed by atoms with Gasteiger partial charge in [0.2, 0.25) is 0 Å². The van der Waals surface area contributed by atoms with E-state index >= 15 is 0 Å². The van der Waals surface area contributed by atoms with Crippen LogP contribution in [-0.4, -0.2) is 13.1 Å². The molecule has 1 N–H and O–H groups in total. The number of benzene rings is 1. The highest BCUT2D eigenvalue weighted by molar-refractivity contribution is 5.49. The average molecular weight is 199 g/mol. The molecule has 2 atom stereocenters. The standard InChI is InChI=1S/C14H17N/c1-2-4-12-10(3-1)11-9-13(11)14(12)5-7-15-8-6-14/h1-4,11,13,15H,5-9H2. The minimum Gasteiger partial charge on any atom is -0.317 e. The van der Waals surface area contributed by atoms with E-state index in [0.29, 0.717) is 5.41 Å². The van der Waals surface area contributed by atoms with Gasteiger partial charge in [-0.25, -0.2) is 0 Å². The van der Waals surface area contributed by atoms with Crippen molar-refractivity contribution in [3.63, 3.8) is 0 Å². The Balaban J connectivity index is 1.87. The van der Waals surface area contributed by atoms with Gasteiger partial charge in [0.15, 0.2) is 0 Å². The van der Waals surface area contributed by atoms with Gasteiger partial charge in [-0.15, -0.1) is 0 Å². The summed E-state index contributed by atoms with van der Waals surface area (Å²) in [6.45, 7) is 2.44. The van der Waals surface area contributed by atoms with Gasteiger partial charge >= 0.3 is 0 Å². The van der Waals surface area contributed by atoms with Gasteiger partial charge in [-0.2, -0.15) is 0 Å². The second kappa shape index (κ2) is 2.65. The lowest BCUT2D eigenvalue weighted by Crippen LogP contribution is -2.40. The molecule has 1 aromatic carbocycles. The molecule has 1 spiro atoms. The molecule has 1 saturated carbocycles. The molecular weight excluding hydrogens is 182 g/mol. The largest absolute Gasteiger partial charge is 0.317 e. The van der Waals surface area contributed by atoms with Crippen molar-refractivity contribution in [3.8, 4) is 0 Å². The van der Waals surface area contributed by atoms with Crippen LogP contribution in [0.5, 0.6) is 0 Å². The molecule has 78 valence electrons. The molecule has 1 aliphatic heterocycles. The number of piperidine rings is 1. The molecule has 2 unspecified atom stereocenters. The maximum absolute atomic E-state index is 3.51. The zero-order valence-electron chi connectivity index (χ0n) is 9.00. The Morgan fingerprint density at radius 1 is 1.13 bits per heavy atom. The summed E-state index contributed by atoms with van der Waals surface area (Å²) in [5, 5.41) is 3.51. The monoisotopic (exact) mass is 199 g/mol. The molecular formula is C14H17N. The van der Waals surface area contributed by atoms with Gasteiger partial charge in [-0.1, -0.05) is 24.3 Å². The van der Waals surface area contributed by atoms with E-state index in [-0.39, 0.29) is 0 Å². The minimum absolute atomic E-state index is 0.576. The molecule has 2 aliphatic carbocycles. The minimum atomic E-state index is 0.576. The zero-order chi connectivity index (χ0) is 9.88. The number of rotatable bonds is 0. The van der Waals surface area contributed by atoms with Crippen LogP contribution in [0.25, 0.3) is 0 Å². The van der Waals surface area contributed by atoms with E-state index in [4.69, 9.17) is 0 Å². The first-order chi connectivity index (χ1) is 7.42. The fraction of sp³-hybridized carbons (Fsp3) is 0.571. The molecule has 1 saturated heterocycles. The summed E-state index contributed by atoms with van der Waals surface area (Å²) < 4.78 is 0. The van der Waals surface area contributed by atoms with Gasteiger partial charge in [0, 0.05) is 5.41 Å². The van der Waals surface area contributed by atoms with Crippen LogP contribution in [0.1, 0.15) is 36.3 Å². The average Bonchev–Trinajstić information content (AvgIpc) is 3.06. The van der Waals surface area contributed by atoms with Gasteiger partial charge in [-0.05, 0) is 55.3 Å². The van der Waals surface area contributed by atoms with Crippen LogP contribution in [0.3, 0.4) is 0 Å². The second-order valence-electron chi connectivity index (χ2n) is 5.44. The Kier molecular flexibility index (Phi) is 1.47. The van der Waals surface area contributed by atoms with Gasteiger partial charge in [0.25, 0.3) is 0 Å². The maximum Gasteiger partial charge on any atom is 0.00142 e. The van der Waals surface area contributed by atoms with Crippen LogP contribution in [-0.2, 0) is 5.41 Å². The van der Waals surface area contributed by atoms with E-state index in [1.165, 1.54) is 32.4 Å². The van der Waals surface area contributed by atoms with Gasteiger partial charge < -0.3 is 5.32 Å². The molecule has 1 heteroatoms. The third kappa shape index (κ3) is 0.926. The predicted octanol–water partition coefficient (Wildman–Crippen LogP) is 2.42. The third-order valence-corrected chi connectivity index (χ3v) is 4.89. The third-order valence-electron chi connectivity index (χ3n) is 4.89. The first-order valence-corrected chi connectivity index (χ1v) is 6.22. The van der Waals surface area contributed by atoms with Crippen molar-refractivity contribution in [3.05, 3.63) is 35.4 Å². The van der Waals surface area contributed by atoms with Crippen molar-refractivity contribution >= 4 is 0 Å². The summed E-state index contributed by atoms with van der Waals surface area (Å²) in [5.74, 6) is 1.93. The summed E-state index contributed by atoms with van der Waals surface area (Å²) in [5.41, 5.74) is 3.96. The van der Waals surface area contributed by atoms with Crippen molar-refractivity contribution < 1.29 is 0 Å². The Morgan fingerprint density at radius 2 is 1.93 bits per heavy atom. The van der Waals surface area contributed by atoms with E-state index in [0.717, 1.165) is 11.8 Å². The summed E-state index contributed by atoms with van der Waals surface area (Å²) in [6, 6.07) is 9.21. The van der Waals surface area contributed by atoms with Crippen molar-refractivity contribution in [1.82, 2.24) is 5.32 Å². The molecule has 0 radical (unpaired) electrons. The highest BCUT2D eigenvalue weighted by Crippen LogP contribution is 2.67. The van der Waals surface area contributed by atoms with Crippen LogP contribution in [0.2, 0.25) is 0 Å². The van der Waals surface area contributed by atoms with Crippen molar-refractivity contribution in [1.29, 1.82) is 0 Å². The second-order valence-corrected chi connectivity index (χ2v) is 5.44. The summed E-state index contributed by atoms with van der Waals surface area (Å²) >= 11 is 0. The number of nitrogens with one attached hydrogen (secondary N) is 1. The van der Waals surface area contributed by atoms with E-state index < -0.39 is 0 Å². The maximum atomic E-state index is 3.51. The molecule has 3 aliphatic rings. The van der Waals surface area contributed by atoms with Crippen LogP contribution in [0.15, 0.2) is 24.3 Å². The molecule has 0 amide bonds. The first-order valence-electron chi connectivity index (χ1n) is 6.22. The Hall–Kier alpha value is -0.820. The Labute approximate surface area is 90.9 Å². The van der Waals surface area contributed by atoms with E-state index in [9.17, 15) is 0 Å². The SMILES string of the molecule is c1ccc2c(c1)C1CC1C21CCNCC1. The molecule has 1 nitrogen and oxygen atoms in total. The Bertz CT molecular complexity index is 404. The zero-order valence-corrected chi connectivity index (χ0v) is 9.00. The molecule has 4 rings (SSSR count). The van der Waals surface area contributed by atoms with E-state index in [2.05, 4.69) is 29.6 Å². The fourth-order valence-corrected chi connectivity index (χ4v) is 4.14. The lowest BCUT2D eigenvalue weighted by molar-refractivity contribution is 0.279. The first kappa shape index (κ1) is 8.35. The normalized spacial score (nSPS) is 34.9. The highest BCUT2D eigenvalue weighted by Gasteiger charge is 2.60. The van der Waals surface area contributed by atoms with Crippen LogP contribution in [0, 0.1) is 5.92 Å². The summed E-state index contributed by atoms with van der Waals surface area (Å²) in [6.07, 6.45) is 4.20. The smallest absolute Gasteiger partial charge is 0.00142 e. The number of fused-ring (bicyclic) bond motifs is 5. The predicted molar refractivity (Wildman–Crippen MR) is 61.1 cm³/mol. The van der Waals surface area contributed by atoms with Crippen LogP contribution < -0.4 is 5.32 Å². The number of hydrogen-bond acceptors (Lipinski definition) is 1. The lowest BCUT2D eigenvalue weighted by Gasteiger charge is -2.37. The van der Waals surface area contributed by atoms with E-state index in [1.54, 1.807) is 11.1 Å². The molecule has 0 aromatic heterocycles. The fourth-order valence-electron chi connectivity index (χ4n) is 4.14. The molecule has 1 aromatic rings. The lowest BCUT2D eigenvalue weighted by atomic mass is 9.71. The summed E-state index contributed by atoms with van der Waals surface area (Å²) in [4.78, 5) is 0. The molecule has 15 heavy (non-hydrogen) atoms. The van der Waals surface area contributed by atoms with E-state index in [1.807, 2.05) is 0 Å². The number of hydrogen-bond donors (Lipinski definition) is 1. The van der Waals surface area contributed by atoms with Gasteiger partial charge in [0.1, 0.15) is 0 Å². The molecule has 0 bridgehead atoms. The van der Waals surface area contributed by atoms with Gasteiger partial charge in [-0.3, -0.25) is 0 Å². The van der Waals surface area contributed by atoms with Gasteiger partial charge in [0.05, 0.1) is 0 Å². The topological polar surface area (TPSA) is 12.0 Å². The molecule has 1 heterocycles.